The molecule has 0 radical (unpaired) electrons. The smallest absolute Gasteiger partial charge is 0.282 e. The van der Waals surface area contributed by atoms with E-state index in [1.54, 1.807) is 6.07 Å². The molecule has 3 nitrogen and oxygen atoms in total. The van der Waals surface area contributed by atoms with Crippen LogP contribution in [0.15, 0.2) is 47.4 Å². The van der Waals surface area contributed by atoms with E-state index >= 15 is 0 Å². The Hall–Kier alpha value is -0.710. The number of halogens is 2. The zero-order chi connectivity index (χ0) is 15.6. The minimum Gasteiger partial charge on any atom is -0.282 e. The molecule has 110 valence electrons. The molecule has 0 aliphatic carbocycles. The second-order valence-corrected chi connectivity index (χ2v) is 8.85. The van der Waals surface area contributed by atoms with Crippen molar-refractivity contribution in [3.8, 4) is 0 Å². The zero-order valence-corrected chi connectivity index (χ0v) is 16.1. The maximum atomic E-state index is 11.8. The van der Waals surface area contributed by atoms with Crippen LogP contribution in [0.25, 0.3) is 32.3 Å². The highest BCUT2D eigenvalue weighted by atomic mass is 127. The van der Waals surface area contributed by atoms with E-state index in [1.807, 2.05) is 36.4 Å². The fraction of sp³-hybridized carbons (Fsp3) is 0. The van der Waals surface area contributed by atoms with E-state index in [9.17, 15) is 13.0 Å². The molecular formula is C16H8I2O3S. The van der Waals surface area contributed by atoms with Gasteiger partial charge >= 0.3 is 0 Å². The minimum atomic E-state index is -4.28. The molecule has 0 aromatic heterocycles. The molecule has 0 saturated heterocycles. The van der Waals surface area contributed by atoms with Gasteiger partial charge in [-0.25, -0.2) is 0 Å². The Morgan fingerprint density at radius 2 is 1.55 bits per heavy atom. The Kier molecular flexibility index (Phi) is 3.30. The van der Waals surface area contributed by atoms with Crippen LogP contribution in [0.2, 0.25) is 0 Å². The summed E-state index contributed by atoms with van der Waals surface area (Å²) >= 11 is 4.25. The van der Waals surface area contributed by atoms with Gasteiger partial charge in [0.15, 0.2) is 0 Å². The van der Waals surface area contributed by atoms with Crippen molar-refractivity contribution in [2.45, 2.75) is 4.90 Å². The van der Waals surface area contributed by atoms with Crippen LogP contribution in [0.1, 0.15) is 0 Å². The van der Waals surface area contributed by atoms with E-state index in [2.05, 4.69) is 45.2 Å². The fourth-order valence-corrected chi connectivity index (χ4v) is 5.81. The van der Waals surface area contributed by atoms with Gasteiger partial charge in [0, 0.05) is 17.9 Å². The molecule has 4 aromatic rings. The number of hydrogen-bond acceptors (Lipinski definition) is 2. The molecule has 4 aromatic carbocycles. The normalized spacial score (nSPS) is 12.7. The van der Waals surface area contributed by atoms with Crippen molar-refractivity contribution < 1.29 is 13.0 Å². The van der Waals surface area contributed by atoms with Gasteiger partial charge in [0.1, 0.15) is 4.90 Å². The van der Waals surface area contributed by atoms with Crippen molar-refractivity contribution in [3.63, 3.8) is 0 Å². The lowest BCUT2D eigenvalue weighted by Crippen LogP contribution is -2.02. The van der Waals surface area contributed by atoms with Crippen LogP contribution in [0.4, 0.5) is 0 Å². The molecule has 0 atom stereocenters. The molecular weight excluding hydrogens is 526 g/mol. The maximum absolute atomic E-state index is 11.8. The van der Waals surface area contributed by atoms with Gasteiger partial charge in [-0.15, -0.1) is 0 Å². The van der Waals surface area contributed by atoms with Gasteiger partial charge < -0.3 is 0 Å². The minimum absolute atomic E-state index is 0.0212. The maximum Gasteiger partial charge on any atom is 0.295 e. The van der Waals surface area contributed by atoms with Crippen LogP contribution >= 0.6 is 45.2 Å². The standard InChI is InChI=1S/C16H8I2O3S/c17-11-7-13(22(19,20)21)16-12(18)6-9-3-1-2-8-4-5-10(11)15(16)14(8)9/h1-7H,(H,19,20,21). The summed E-state index contributed by atoms with van der Waals surface area (Å²) in [6.07, 6.45) is 0. The molecule has 0 amide bonds. The summed E-state index contributed by atoms with van der Waals surface area (Å²) in [5.74, 6) is 0. The summed E-state index contributed by atoms with van der Waals surface area (Å²) in [7, 11) is -4.28. The molecule has 0 saturated carbocycles. The van der Waals surface area contributed by atoms with E-state index in [1.165, 1.54) is 0 Å². The van der Waals surface area contributed by atoms with Gasteiger partial charge in [0.2, 0.25) is 0 Å². The first-order valence-corrected chi connectivity index (χ1v) is 10.0. The van der Waals surface area contributed by atoms with Gasteiger partial charge in [-0.3, -0.25) is 4.55 Å². The first kappa shape index (κ1) is 14.9. The summed E-state index contributed by atoms with van der Waals surface area (Å²) in [5.41, 5.74) is 0. The topological polar surface area (TPSA) is 54.4 Å². The van der Waals surface area contributed by atoms with E-state index in [4.69, 9.17) is 0 Å². The number of rotatable bonds is 1. The van der Waals surface area contributed by atoms with Crippen LogP contribution in [0.5, 0.6) is 0 Å². The van der Waals surface area contributed by atoms with E-state index in [-0.39, 0.29) is 4.90 Å². The molecule has 0 fully saturated rings. The SMILES string of the molecule is O=S(=O)(O)c1cc(I)c2ccc3cccc4cc(I)c1c2c34. The highest BCUT2D eigenvalue weighted by Crippen LogP contribution is 2.41. The quantitative estimate of drug-likeness (QED) is 0.212. The fourth-order valence-electron chi connectivity index (χ4n) is 3.02. The van der Waals surface area contributed by atoms with Crippen LogP contribution in [0, 0.1) is 7.14 Å². The summed E-state index contributed by atoms with van der Waals surface area (Å²) in [6.45, 7) is 0. The predicted molar refractivity (Wildman–Crippen MR) is 105 cm³/mol. The average Bonchev–Trinajstić information content (AvgIpc) is 2.45. The highest BCUT2D eigenvalue weighted by Gasteiger charge is 2.22. The van der Waals surface area contributed by atoms with Gasteiger partial charge in [-0.2, -0.15) is 8.42 Å². The molecule has 0 aliphatic heterocycles. The predicted octanol–water partition coefficient (Wildman–Crippen LogP) is 5.04. The van der Waals surface area contributed by atoms with Crippen molar-refractivity contribution in [3.05, 3.63) is 49.6 Å². The molecule has 0 heterocycles. The second-order valence-electron chi connectivity index (χ2n) is 5.13. The summed E-state index contributed by atoms with van der Waals surface area (Å²) in [4.78, 5) is -0.0212. The van der Waals surface area contributed by atoms with Crippen molar-refractivity contribution in [1.29, 1.82) is 0 Å². The first-order chi connectivity index (χ1) is 10.4. The Morgan fingerprint density at radius 3 is 2.27 bits per heavy atom. The second kappa shape index (κ2) is 4.89. The van der Waals surface area contributed by atoms with Crippen LogP contribution in [0.3, 0.4) is 0 Å². The zero-order valence-electron chi connectivity index (χ0n) is 11.0. The largest absolute Gasteiger partial charge is 0.295 e. The molecule has 1 N–H and O–H groups in total. The summed E-state index contributed by atoms with van der Waals surface area (Å²) in [5, 5.41) is 5.68. The van der Waals surface area contributed by atoms with Gasteiger partial charge in [0.05, 0.1) is 0 Å². The summed E-state index contributed by atoms with van der Waals surface area (Å²) < 4.78 is 34.9. The third-order valence-electron chi connectivity index (χ3n) is 3.89. The third-order valence-corrected chi connectivity index (χ3v) is 6.51. The molecule has 0 unspecified atom stereocenters. The van der Waals surface area contributed by atoms with Crippen molar-refractivity contribution in [2.75, 3.05) is 0 Å². The van der Waals surface area contributed by atoms with Gasteiger partial charge in [-0.1, -0.05) is 30.3 Å². The van der Waals surface area contributed by atoms with E-state index < -0.39 is 10.1 Å². The van der Waals surface area contributed by atoms with E-state index in [0.29, 0.717) is 5.39 Å². The molecule has 0 bridgehead atoms. The number of benzene rings is 4. The Bertz CT molecular complexity index is 1170. The van der Waals surface area contributed by atoms with Crippen molar-refractivity contribution >= 4 is 87.6 Å². The van der Waals surface area contributed by atoms with Crippen LogP contribution < -0.4 is 0 Å². The van der Waals surface area contributed by atoms with E-state index in [0.717, 1.165) is 34.1 Å². The third kappa shape index (κ3) is 2.04. The Balaban J connectivity index is 2.47. The molecule has 4 rings (SSSR count). The molecule has 22 heavy (non-hydrogen) atoms. The van der Waals surface area contributed by atoms with Gasteiger partial charge in [-0.05, 0) is 78.9 Å². The number of hydrogen-bond donors (Lipinski definition) is 1. The molecule has 0 aliphatic rings. The summed E-state index contributed by atoms with van der Waals surface area (Å²) in [6, 6.07) is 13.6. The first-order valence-electron chi connectivity index (χ1n) is 6.41. The Morgan fingerprint density at radius 1 is 0.818 bits per heavy atom. The van der Waals surface area contributed by atoms with Crippen molar-refractivity contribution in [2.24, 2.45) is 0 Å². The monoisotopic (exact) mass is 534 g/mol. The van der Waals surface area contributed by atoms with Gasteiger partial charge in [0.25, 0.3) is 10.1 Å². The lowest BCUT2D eigenvalue weighted by molar-refractivity contribution is 0.484. The lowest BCUT2D eigenvalue weighted by Gasteiger charge is -2.15. The van der Waals surface area contributed by atoms with Crippen LogP contribution in [-0.4, -0.2) is 13.0 Å². The lowest BCUT2D eigenvalue weighted by atomic mass is 9.94. The van der Waals surface area contributed by atoms with Crippen LogP contribution in [-0.2, 0) is 10.1 Å². The average molecular weight is 534 g/mol. The Labute approximate surface area is 154 Å². The molecule has 6 heteroatoms. The van der Waals surface area contributed by atoms with Crippen molar-refractivity contribution in [1.82, 2.24) is 0 Å². The highest BCUT2D eigenvalue weighted by molar-refractivity contribution is 14.1. The molecule has 0 spiro atoms.